The summed E-state index contributed by atoms with van der Waals surface area (Å²) in [5, 5.41) is 3.33. The molecule has 0 aliphatic carbocycles. The van der Waals surface area contributed by atoms with Gasteiger partial charge in [0.05, 0.1) is 0 Å². The zero-order chi connectivity index (χ0) is 13.0. The Hall–Kier alpha value is -0.900. The smallest absolute Gasteiger partial charge is 0.128 e. The van der Waals surface area contributed by atoms with Crippen LogP contribution < -0.4 is 5.32 Å². The fourth-order valence-electron chi connectivity index (χ4n) is 2.53. The van der Waals surface area contributed by atoms with Gasteiger partial charge in [0.1, 0.15) is 5.82 Å². The third-order valence-electron chi connectivity index (χ3n) is 3.50. The van der Waals surface area contributed by atoms with Gasteiger partial charge in [-0.15, -0.1) is 19.0 Å². The molecule has 1 aliphatic heterocycles. The Balaban J connectivity index is 0.00000180. The molecule has 4 heteroatoms. The Bertz CT molecular complexity index is 417. The number of nitrogens with zero attached hydrogens (tertiary/aromatic N) is 1. The fourth-order valence-corrected chi connectivity index (χ4v) is 2.53. The topological polar surface area (TPSA) is 15.3 Å². The van der Waals surface area contributed by atoms with Crippen molar-refractivity contribution in [1.82, 2.24) is 10.2 Å². The quantitative estimate of drug-likeness (QED) is 0.855. The molecule has 1 aliphatic rings. The van der Waals surface area contributed by atoms with Gasteiger partial charge in [-0.25, -0.2) is 4.39 Å². The highest BCUT2D eigenvalue weighted by Crippen LogP contribution is 2.27. The van der Waals surface area contributed by atoms with Gasteiger partial charge in [0, 0.05) is 37.8 Å². The average Bonchev–Trinajstić information content (AvgIpc) is 2.38. The van der Waals surface area contributed by atoms with Crippen molar-refractivity contribution in [3.63, 3.8) is 0 Å². The van der Waals surface area contributed by atoms with E-state index >= 15 is 0 Å². The van der Waals surface area contributed by atoms with Gasteiger partial charge in [0.2, 0.25) is 0 Å². The predicted molar refractivity (Wildman–Crippen MR) is 80.4 cm³/mol. The van der Waals surface area contributed by atoms with Crippen LogP contribution in [-0.2, 0) is 0 Å². The molecule has 1 atom stereocenters. The van der Waals surface area contributed by atoms with Crippen LogP contribution in [0.4, 0.5) is 4.39 Å². The molecule has 0 radical (unpaired) electrons. The summed E-state index contributed by atoms with van der Waals surface area (Å²) < 4.78 is 14.1. The summed E-state index contributed by atoms with van der Waals surface area (Å²) in [4.78, 5) is 2.34. The zero-order valence-electron chi connectivity index (χ0n) is 11.4. The first-order valence-electron chi connectivity index (χ1n) is 6.54. The second kappa shape index (κ2) is 7.63. The molecular weight excluding hydrogens is 263 g/mol. The number of aryl methyl sites for hydroxylation is 1. The Kier molecular flexibility index (Phi) is 6.49. The van der Waals surface area contributed by atoms with Crippen molar-refractivity contribution in [2.24, 2.45) is 0 Å². The maximum atomic E-state index is 14.1. The molecule has 0 bridgehead atoms. The summed E-state index contributed by atoms with van der Waals surface area (Å²) >= 11 is 0. The summed E-state index contributed by atoms with van der Waals surface area (Å²) in [7, 11) is 0. The van der Waals surface area contributed by atoms with Gasteiger partial charge < -0.3 is 5.32 Å². The lowest BCUT2D eigenvalue weighted by molar-refractivity contribution is 0.171. The summed E-state index contributed by atoms with van der Waals surface area (Å²) in [6, 6.07) is 5.63. The summed E-state index contributed by atoms with van der Waals surface area (Å²) in [5.74, 6) is -0.0969. The van der Waals surface area contributed by atoms with E-state index in [2.05, 4.69) is 16.8 Å². The number of nitrogens with one attached hydrogen (secondary N) is 1. The first kappa shape index (κ1) is 16.2. The van der Waals surface area contributed by atoms with Crippen LogP contribution in [0.3, 0.4) is 0 Å². The van der Waals surface area contributed by atoms with E-state index in [0.29, 0.717) is 0 Å². The van der Waals surface area contributed by atoms with Crippen LogP contribution in [0, 0.1) is 12.7 Å². The van der Waals surface area contributed by atoms with E-state index in [-0.39, 0.29) is 24.3 Å². The number of halogens is 2. The minimum absolute atomic E-state index is 0. The molecule has 1 saturated heterocycles. The molecule has 0 spiro atoms. The maximum absolute atomic E-state index is 14.1. The highest BCUT2D eigenvalue weighted by molar-refractivity contribution is 5.85. The van der Waals surface area contributed by atoms with Crippen molar-refractivity contribution < 1.29 is 4.39 Å². The Morgan fingerprint density at radius 3 is 2.68 bits per heavy atom. The lowest BCUT2D eigenvalue weighted by Gasteiger charge is -2.35. The van der Waals surface area contributed by atoms with E-state index in [1.807, 2.05) is 25.1 Å². The molecule has 2 nitrogen and oxygen atoms in total. The SMILES string of the molecule is C=CC[C@H](c1ccc(C)cc1F)N1CCNCC1.Cl. The van der Waals surface area contributed by atoms with E-state index in [0.717, 1.165) is 43.7 Å². The number of piperazine rings is 1. The number of hydrogen-bond donors (Lipinski definition) is 1. The van der Waals surface area contributed by atoms with Crippen LogP contribution in [-0.4, -0.2) is 31.1 Å². The lowest BCUT2D eigenvalue weighted by atomic mass is 9.99. The van der Waals surface area contributed by atoms with Crippen molar-refractivity contribution in [2.75, 3.05) is 26.2 Å². The summed E-state index contributed by atoms with van der Waals surface area (Å²) in [6.07, 6.45) is 2.67. The summed E-state index contributed by atoms with van der Waals surface area (Å²) in [5.41, 5.74) is 1.76. The maximum Gasteiger partial charge on any atom is 0.128 e. The highest BCUT2D eigenvalue weighted by Gasteiger charge is 2.23. The minimum atomic E-state index is -0.0969. The van der Waals surface area contributed by atoms with Crippen LogP contribution in [0.25, 0.3) is 0 Å². The van der Waals surface area contributed by atoms with E-state index in [9.17, 15) is 4.39 Å². The van der Waals surface area contributed by atoms with Gasteiger partial charge in [-0.1, -0.05) is 18.2 Å². The monoisotopic (exact) mass is 284 g/mol. The Labute approximate surface area is 121 Å². The van der Waals surface area contributed by atoms with Crippen molar-refractivity contribution >= 4 is 12.4 Å². The normalized spacial score (nSPS) is 17.6. The van der Waals surface area contributed by atoms with Crippen LogP contribution in [0.1, 0.15) is 23.6 Å². The van der Waals surface area contributed by atoms with Crippen LogP contribution in [0.2, 0.25) is 0 Å². The molecule has 1 aromatic rings. The van der Waals surface area contributed by atoms with E-state index in [1.54, 1.807) is 6.07 Å². The van der Waals surface area contributed by atoms with Gasteiger partial charge in [0.15, 0.2) is 0 Å². The van der Waals surface area contributed by atoms with Crippen molar-refractivity contribution in [3.8, 4) is 0 Å². The van der Waals surface area contributed by atoms with Crippen LogP contribution in [0.15, 0.2) is 30.9 Å². The van der Waals surface area contributed by atoms with Crippen molar-refractivity contribution in [2.45, 2.75) is 19.4 Å². The molecule has 106 valence electrons. The molecule has 19 heavy (non-hydrogen) atoms. The largest absolute Gasteiger partial charge is 0.314 e. The second-order valence-corrected chi connectivity index (χ2v) is 4.85. The van der Waals surface area contributed by atoms with Gasteiger partial charge in [-0.3, -0.25) is 4.90 Å². The van der Waals surface area contributed by atoms with Gasteiger partial charge >= 0.3 is 0 Å². The van der Waals surface area contributed by atoms with Gasteiger partial charge in [-0.2, -0.15) is 0 Å². The molecule has 2 rings (SSSR count). The van der Waals surface area contributed by atoms with E-state index < -0.39 is 0 Å². The molecule has 0 saturated carbocycles. The molecular formula is C15H22ClFN2. The molecule has 1 aromatic carbocycles. The average molecular weight is 285 g/mol. The molecule has 0 aromatic heterocycles. The number of rotatable bonds is 4. The first-order valence-corrected chi connectivity index (χ1v) is 6.54. The number of benzene rings is 1. The molecule has 1 N–H and O–H groups in total. The second-order valence-electron chi connectivity index (χ2n) is 4.85. The minimum Gasteiger partial charge on any atom is -0.314 e. The molecule has 1 heterocycles. The summed E-state index contributed by atoms with van der Waals surface area (Å²) in [6.45, 7) is 9.60. The fraction of sp³-hybridized carbons (Fsp3) is 0.467. The Morgan fingerprint density at radius 2 is 2.11 bits per heavy atom. The molecule has 1 fully saturated rings. The van der Waals surface area contributed by atoms with Gasteiger partial charge in [0.25, 0.3) is 0 Å². The van der Waals surface area contributed by atoms with Crippen molar-refractivity contribution in [1.29, 1.82) is 0 Å². The zero-order valence-corrected chi connectivity index (χ0v) is 12.2. The van der Waals surface area contributed by atoms with Crippen molar-refractivity contribution in [3.05, 3.63) is 47.8 Å². The third kappa shape index (κ3) is 4.03. The van der Waals surface area contributed by atoms with Gasteiger partial charge in [-0.05, 0) is 25.0 Å². The predicted octanol–water partition coefficient (Wildman–Crippen LogP) is 3.08. The standard InChI is InChI=1S/C15H21FN2.ClH/c1-3-4-15(18-9-7-17-8-10-18)13-6-5-12(2)11-14(13)16;/h3,5-6,11,15,17H,1,4,7-10H2,2H3;1H/t15-;/m1./s1. The number of hydrogen-bond acceptors (Lipinski definition) is 2. The Morgan fingerprint density at radius 1 is 1.42 bits per heavy atom. The molecule has 0 amide bonds. The first-order chi connectivity index (χ1) is 8.72. The van der Waals surface area contributed by atoms with Crippen LogP contribution in [0.5, 0.6) is 0 Å². The lowest BCUT2D eigenvalue weighted by Crippen LogP contribution is -2.45. The highest BCUT2D eigenvalue weighted by atomic mass is 35.5. The third-order valence-corrected chi connectivity index (χ3v) is 3.50. The molecule has 0 unspecified atom stereocenters. The van der Waals surface area contributed by atoms with E-state index in [1.165, 1.54) is 0 Å². The van der Waals surface area contributed by atoms with Crippen LogP contribution >= 0.6 is 12.4 Å². The van der Waals surface area contributed by atoms with E-state index in [4.69, 9.17) is 0 Å².